The van der Waals surface area contributed by atoms with Gasteiger partial charge in [-0.25, -0.2) is 9.97 Å². The molecule has 1 saturated heterocycles. The van der Waals surface area contributed by atoms with Gasteiger partial charge in [-0.15, -0.1) is 11.8 Å². The van der Waals surface area contributed by atoms with Gasteiger partial charge in [0, 0.05) is 23.8 Å². The number of rotatable bonds is 6. The Morgan fingerprint density at radius 1 is 1.25 bits per heavy atom. The van der Waals surface area contributed by atoms with Crippen LogP contribution in [0.15, 0.2) is 4.47 Å². The van der Waals surface area contributed by atoms with Gasteiger partial charge in [0.15, 0.2) is 0 Å². The second-order valence-corrected chi connectivity index (χ2v) is 8.06. The van der Waals surface area contributed by atoms with Gasteiger partial charge in [0.25, 0.3) is 0 Å². The summed E-state index contributed by atoms with van der Waals surface area (Å²) in [6, 6.07) is 0. The molecule has 2 rings (SSSR count). The Morgan fingerprint density at radius 3 is 2.75 bits per heavy atom. The van der Waals surface area contributed by atoms with Crippen molar-refractivity contribution in [2.24, 2.45) is 0 Å². The molecular formula is C14H22BrN3S2. The van der Waals surface area contributed by atoms with Crippen molar-refractivity contribution in [2.45, 2.75) is 38.4 Å². The third-order valence-electron chi connectivity index (χ3n) is 3.07. The Bertz CT molecular complexity index is 437. The summed E-state index contributed by atoms with van der Waals surface area (Å²) in [4.78, 5) is 9.60. The van der Waals surface area contributed by atoms with E-state index in [-0.39, 0.29) is 0 Å². The molecule has 0 saturated carbocycles. The van der Waals surface area contributed by atoms with Crippen LogP contribution >= 0.6 is 39.5 Å². The summed E-state index contributed by atoms with van der Waals surface area (Å²) in [6.07, 6.45) is 3.21. The molecule has 1 aliphatic rings. The molecule has 0 amide bonds. The molecule has 112 valence electrons. The monoisotopic (exact) mass is 375 g/mol. The van der Waals surface area contributed by atoms with Gasteiger partial charge >= 0.3 is 0 Å². The number of hydrogen-bond donors (Lipinski definition) is 1. The Labute approximate surface area is 138 Å². The zero-order chi connectivity index (χ0) is 14.4. The predicted molar refractivity (Wildman–Crippen MR) is 95.0 cm³/mol. The van der Waals surface area contributed by atoms with E-state index in [1.807, 2.05) is 23.5 Å². The number of hydrogen-bond acceptors (Lipinski definition) is 5. The predicted octanol–water partition coefficient (Wildman–Crippen LogP) is 4.53. The number of thioether (sulfide) groups is 2. The Morgan fingerprint density at radius 2 is 2.10 bits per heavy atom. The summed E-state index contributed by atoms with van der Waals surface area (Å²) in [5, 5.41) is 3.87. The second-order valence-electron chi connectivity index (χ2n) is 4.80. The maximum absolute atomic E-state index is 4.82. The van der Waals surface area contributed by atoms with Crippen molar-refractivity contribution >= 4 is 45.3 Å². The molecular weight excluding hydrogens is 354 g/mol. The quantitative estimate of drug-likeness (QED) is 0.789. The molecule has 3 nitrogen and oxygen atoms in total. The number of anilines is 1. The SMILES string of the molecule is CCCNc1nc(C2CSCCS2)nc(CCC)c1Br. The molecule has 1 fully saturated rings. The molecule has 1 aromatic heterocycles. The molecule has 0 spiro atoms. The summed E-state index contributed by atoms with van der Waals surface area (Å²) in [5.41, 5.74) is 1.15. The normalized spacial score (nSPS) is 19.1. The lowest BCUT2D eigenvalue weighted by Crippen LogP contribution is -2.14. The average Bonchev–Trinajstić information content (AvgIpc) is 2.49. The van der Waals surface area contributed by atoms with Gasteiger partial charge in [-0.05, 0) is 28.8 Å². The summed E-state index contributed by atoms with van der Waals surface area (Å²) in [5.74, 6) is 5.56. The van der Waals surface area contributed by atoms with E-state index >= 15 is 0 Å². The number of aromatic nitrogens is 2. The van der Waals surface area contributed by atoms with Gasteiger partial charge in [0.2, 0.25) is 0 Å². The Balaban J connectivity index is 2.27. The maximum Gasteiger partial charge on any atom is 0.144 e. The highest BCUT2D eigenvalue weighted by Gasteiger charge is 2.22. The molecule has 1 aliphatic heterocycles. The lowest BCUT2D eigenvalue weighted by atomic mass is 10.2. The molecule has 6 heteroatoms. The van der Waals surface area contributed by atoms with Crippen LogP contribution in [0.4, 0.5) is 5.82 Å². The lowest BCUT2D eigenvalue weighted by Gasteiger charge is -2.21. The first-order valence-corrected chi connectivity index (χ1v) is 10.2. The van der Waals surface area contributed by atoms with Crippen LogP contribution in [0.1, 0.15) is 43.5 Å². The van der Waals surface area contributed by atoms with Crippen molar-refractivity contribution in [1.82, 2.24) is 9.97 Å². The average molecular weight is 376 g/mol. The highest BCUT2D eigenvalue weighted by atomic mass is 79.9. The van der Waals surface area contributed by atoms with Crippen molar-refractivity contribution in [3.8, 4) is 0 Å². The van der Waals surface area contributed by atoms with E-state index in [2.05, 4.69) is 35.1 Å². The highest BCUT2D eigenvalue weighted by molar-refractivity contribution is 9.10. The molecule has 0 aliphatic carbocycles. The van der Waals surface area contributed by atoms with Crippen LogP contribution in [-0.2, 0) is 6.42 Å². The fourth-order valence-electron chi connectivity index (χ4n) is 2.06. The number of nitrogens with one attached hydrogen (secondary N) is 1. The van der Waals surface area contributed by atoms with Gasteiger partial charge in [-0.3, -0.25) is 0 Å². The molecule has 1 unspecified atom stereocenters. The van der Waals surface area contributed by atoms with Gasteiger partial charge in [-0.2, -0.15) is 11.8 Å². The molecule has 0 radical (unpaired) electrons. The van der Waals surface area contributed by atoms with Crippen LogP contribution in [0.3, 0.4) is 0 Å². The molecule has 20 heavy (non-hydrogen) atoms. The van der Waals surface area contributed by atoms with Crippen molar-refractivity contribution in [2.75, 3.05) is 29.1 Å². The Kier molecular flexibility index (Phi) is 6.97. The van der Waals surface area contributed by atoms with E-state index in [9.17, 15) is 0 Å². The van der Waals surface area contributed by atoms with Crippen molar-refractivity contribution in [3.63, 3.8) is 0 Å². The third kappa shape index (κ3) is 4.28. The van der Waals surface area contributed by atoms with E-state index < -0.39 is 0 Å². The van der Waals surface area contributed by atoms with Crippen LogP contribution in [0.25, 0.3) is 0 Å². The van der Waals surface area contributed by atoms with E-state index in [1.165, 1.54) is 11.5 Å². The highest BCUT2D eigenvalue weighted by Crippen LogP contribution is 2.37. The Hall–Kier alpha value is 0.0600. The zero-order valence-electron chi connectivity index (χ0n) is 12.1. The topological polar surface area (TPSA) is 37.8 Å². The van der Waals surface area contributed by atoms with Crippen LogP contribution in [0, 0.1) is 0 Å². The number of aryl methyl sites for hydroxylation is 1. The number of halogens is 1. The summed E-state index contributed by atoms with van der Waals surface area (Å²) in [6.45, 7) is 5.31. The number of nitrogens with zero attached hydrogens (tertiary/aromatic N) is 2. The first kappa shape index (κ1) is 16.4. The maximum atomic E-state index is 4.82. The molecule has 2 heterocycles. The standard InChI is InChI=1S/C14H22BrN3S2/c1-3-5-10-12(15)14(16-6-4-2)18-13(17-10)11-9-19-7-8-20-11/h11H,3-9H2,1-2H3,(H,16,17,18). The van der Waals surface area contributed by atoms with E-state index in [0.717, 1.165) is 53.4 Å². The third-order valence-corrected chi connectivity index (χ3v) is 6.65. The van der Waals surface area contributed by atoms with Crippen LogP contribution in [-0.4, -0.2) is 33.8 Å². The smallest absolute Gasteiger partial charge is 0.144 e. The van der Waals surface area contributed by atoms with Gasteiger partial charge in [-0.1, -0.05) is 20.3 Å². The largest absolute Gasteiger partial charge is 0.369 e. The van der Waals surface area contributed by atoms with Gasteiger partial charge in [0.1, 0.15) is 11.6 Å². The molecule has 1 N–H and O–H groups in total. The zero-order valence-corrected chi connectivity index (χ0v) is 15.3. The fraction of sp³-hybridized carbons (Fsp3) is 0.714. The van der Waals surface area contributed by atoms with Crippen molar-refractivity contribution in [3.05, 3.63) is 16.0 Å². The summed E-state index contributed by atoms with van der Waals surface area (Å²) < 4.78 is 1.05. The van der Waals surface area contributed by atoms with Crippen molar-refractivity contribution < 1.29 is 0 Å². The molecule has 1 atom stereocenters. The van der Waals surface area contributed by atoms with E-state index in [0.29, 0.717) is 5.25 Å². The fourth-order valence-corrected chi connectivity index (χ4v) is 5.17. The molecule has 1 aromatic rings. The van der Waals surface area contributed by atoms with Crippen LogP contribution in [0.5, 0.6) is 0 Å². The minimum atomic E-state index is 0.444. The second kappa shape index (κ2) is 8.49. The van der Waals surface area contributed by atoms with E-state index in [1.54, 1.807) is 0 Å². The summed E-state index contributed by atoms with van der Waals surface area (Å²) in [7, 11) is 0. The van der Waals surface area contributed by atoms with Crippen LogP contribution < -0.4 is 5.32 Å². The minimum absolute atomic E-state index is 0.444. The van der Waals surface area contributed by atoms with Gasteiger partial charge < -0.3 is 5.32 Å². The summed E-state index contributed by atoms with van der Waals surface area (Å²) >= 11 is 7.68. The van der Waals surface area contributed by atoms with Crippen LogP contribution in [0.2, 0.25) is 0 Å². The van der Waals surface area contributed by atoms with Gasteiger partial charge in [0.05, 0.1) is 15.4 Å². The minimum Gasteiger partial charge on any atom is -0.369 e. The first-order chi connectivity index (χ1) is 9.76. The molecule has 0 bridgehead atoms. The first-order valence-electron chi connectivity index (χ1n) is 7.25. The molecule has 0 aromatic carbocycles. The lowest BCUT2D eigenvalue weighted by molar-refractivity contribution is 0.819. The van der Waals surface area contributed by atoms with Crippen molar-refractivity contribution in [1.29, 1.82) is 0 Å². The van der Waals surface area contributed by atoms with E-state index in [4.69, 9.17) is 9.97 Å².